The monoisotopic (exact) mass is 258 g/mol. The van der Waals surface area contributed by atoms with E-state index in [1.807, 2.05) is 19.1 Å². The highest BCUT2D eigenvalue weighted by molar-refractivity contribution is 7.19. The van der Waals surface area contributed by atoms with Crippen LogP contribution in [0.2, 0.25) is 0 Å². The third kappa shape index (κ3) is 2.58. The van der Waals surface area contributed by atoms with E-state index in [9.17, 15) is 18.3 Å². The van der Waals surface area contributed by atoms with Gasteiger partial charge in [-0.05, 0) is 36.5 Å². The molecule has 0 N–H and O–H groups in total. The van der Waals surface area contributed by atoms with E-state index >= 15 is 0 Å². The zero-order chi connectivity index (χ0) is 12.6. The summed E-state index contributed by atoms with van der Waals surface area (Å²) in [6.07, 6.45) is -4.31. The first kappa shape index (κ1) is 11.9. The maximum atomic E-state index is 12.1. The van der Waals surface area contributed by atoms with Crippen molar-refractivity contribution in [3.63, 3.8) is 0 Å². The maximum Gasteiger partial charge on any atom is 0.402 e. The van der Waals surface area contributed by atoms with Crippen LogP contribution >= 0.6 is 11.3 Å². The lowest BCUT2D eigenvalue weighted by atomic mass is 10.2. The Hall–Kier alpha value is -1.56. The Labute approximate surface area is 99.0 Å². The molecule has 0 saturated carbocycles. The van der Waals surface area contributed by atoms with Gasteiger partial charge in [0.2, 0.25) is 0 Å². The molecule has 0 aliphatic rings. The van der Waals surface area contributed by atoms with Crippen LogP contribution in [-0.4, -0.2) is 11.2 Å². The quantitative estimate of drug-likeness (QED) is 0.737. The Morgan fingerprint density at radius 1 is 1.41 bits per heavy atom. The Morgan fingerprint density at radius 2 is 2.12 bits per heavy atom. The van der Waals surface area contributed by atoms with Crippen LogP contribution in [0.5, 0.6) is 0 Å². The number of nitrogens with zero attached hydrogens (tertiary/aromatic N) is 1. The third-order valence-electron chi connectivity index (χ3n) is 2.09. The molecule has 0 amide bonds. The molecule has 1 heterocycles. The van der Waals surface area contributed by atoms with Crippen molar-refractivity contribution in [1.82, 2.24) is 4.98 Å². The van der Waals surface area contributed by atoms with E-state index in [2.05, 4.69) is 4.98 Å². The second-order valence-corrected chi connectivity index (χ2v) is 4.59. The lowest BCUT2D eigenvalue weighted by Crippen LogP contribution is -2.22. The summed E-state index contributed by atoms with van der Waals surface area (Å²) in [7, 11) is 0. The van der Waals surface area contributed by atoms with Crippen molar-refractivity contribution >= 4 is 27.6 Å². The minimum Gasteiger partial charge on any atom is -0.869 e. The maximum absolute atomic E-state index is 12.1. The van der Waals surface area contributed by atoms with Crippen molar-refractivity contribution < 1.29 is 18.3 Å². The molecule has 2 nitrogen and oxygen atoms in total. The molecule has 0 saturated heterocycles. The lowest BCUT2D eigenvalue weighted by Gasteiger charge is -2.14. The van der Waals surface area contributed by atoms with Crippen molar-refractivity contribution in [3.8, 4) is 0 Å². The van der Waals surface area contributed by atoms with Crippen LogP contribution in [0, 0.1) is 6.92 Å². The highest BCUT2D eigenvalue weighted by atomic mass is 32.1. The van der Waals surface area contributed by atoms with E-state index in [4.69, 9.17) is 0 Å². The summed E-state index contributed by atoms with van der Waals surface area (Å²) in [5.74, 6) is -1.88. The van der Waals surface area contributed by atoms with Crippen LogP contribution in [0.25, 0.3) is 16.3 Å². The fourth-order valence-corrected chi connectivity index (χ4v) is 2.30. The average molecular weight is 258 g/mol. The fourth-order valence-electron chi connectivity index (χ4n) is 1.31. The minimum absolute atomic E-state index is 0.0768. The van der Waals surface area contributed by atoms with E-state index in [1.165, 1.54) is 0 Å². The highest BCUT2D eigenvalue weighted by Gasteiger charge is 2.26. The number of halogens is 3. The standard InChI is InChI=1S/C11H8F3NOS/c1-6-2-3-7-8(4-6)17-10(15-7)5-9(16)11(12,13)14/h2-5,16H,1H3/p-1/b9-5-. The number of aryl methyl sites for hydroxylation is 1. The van der Waals surface area contributed by atoms with Gasteiger partial charge in [-0.3, -0.25) is 0 Å². The van der Waals surface area contributed by atoms with E-state index in [0.29, 0.717) is 11.6 Å². The van der Waals surface area contributed by atoms with Crippen LogP contribution in [-0.2, 0) is 0 Å². The zero-order valence-corrected chi connectivity index (χ0v) is 9.52. The summed E-state index contributed by atoms with van der Waals surface area (Å²) < 4.78 is 36.9. The summed E-state index contributed by atoms with van der Waals surface area (Å²) in [6.45, 7) is 1.88. The van der Waals surface area contributed by atoms with Gasteiger partial charge in [0.15, 0.2) is 0 Å². The molecule has 0 atom stereocenters. The lowest BCUT2D eigenvalue weighted by molar-refractivity contribution is -0.357. The van der Waals surface area contributed by atoms with Crippen molar-refractivity contribution in [2.45, 2.75) is 13.1 Å². The molecule has 1 aromatic carbocycles. The van der Waals surface area contributed by atoms with Crippen LogP contribution in [0.4, 0.5) is 13.2 Å². The van der Waals surface area contributed by atoms with Crippen LogP contribution in [0.3, 0.4) is 0 Å². The van der Waals surface area contributed by atoms with Crippen molar-refractivity contribution in [1.29, 1.82) is 0 Å². The molecule has 0 radical (unpaired) electrons. The van der Waals surface area contributed by atoms with Crippen molar-refractivity contribution in [2.24, 2.45) is 0 Å². The van der Waals surface area contributed by atoms with Gasteiger partial charge in [0, 0.05) is 0 Å². The number of hydrogen-bond donors (Lipinski definition) is 0. The number of allylic oxidation sites excluding steroid dienone is 1. The fraction of sp³-hybridized carbons (Fsp3) is 0.182. The topological polar surface area (TPSA) is 36.0 Å². The third-order valence-corrected chi connectivity index (χ3v) is 3.06. The first-order valence-corrected chi connectivity index (χ1v) is 5.51. The van der Waals surface area contributed by atoms with Gasteiger partial charge in [0.25, 0.3) is 0 Å². The SMILES string of the molecule is Cc1ccc2nc(/C=C(\[O-])C(F)(F)F)sc2c1. The van der Waals surface area contributed by atoms with Gasteiger partial charge in [-0.2, -0.15) is 13.2 Å². The Bertz CT molecular complexity index is 586. The van der Waals surface area contributed by atoms with Gasteiger partial charge in [-0.1, -0.05) is 6.07 Å². The number of rotatable bonds is 1. The molecule has 0 fully saturated rings. The summed E-state index contributed by atoms with van der Waals surface area (Å²) in [4.78, 5) is 3.95. The number of thiazole rings is 1. The molecule has 6 heteroatoms. The minimum atomic E-state index is -4.84. The van der Waals surface area contributed by atoms with Crippen LogP contribution in [0.15, 0.2) is 24.0 Å². The molecule has 2 rings (SSSR count). The van der Waals surface area contributed by atoms with E-state index in [-0.39, 0.29) is 5.01 Å². The van der Waals surface area contributed by atoms with Gasteiger partial charge in [0.1, 0.15) is 5.01 Å². The Morgan fingerprint density at radius 3 is 2.76 bits per heavy atom. The predicted molar refractivity (Wildman–Crippen MR) is 58.4 cm³/mol. The Kier molecular flexibility index (Phi) is 2.82. The molecule has 2 aromatic rings. The zero-order valence-electron chi connectivity index (χ0n) is 8.71. The van der Waals surface area contributed by atoms with Crippen molar-refractivity contribution in [2.75, 3.05) is 0 Å². The molecular formula is C11H7F3NOS-. The molecule has 1 aromatic heterocycles. The summed E-state index contributed by atoms with van der Waals surface area (Å²) >= 11 is 1.07. The molecular weight excluding hydrogens is 251 g/mol. The smallest absolute Gasteiger partial charge is 0.402 e. The van der Waals surface area contributed by atoms with Gasteiger partial charge >= 0.3 is 6.18 Å². The molecule has 0 aliphatic heterocycles. The summed E-state index contributed by atoms with van der Waals surface area (Å²) in [5, 5.41) is 10.8. The largest absolute Gasteiger partial charge is 0.869 e. The van der Waals surface area contributed by atoms with Crippen LogP contribution in [0.1, 0.15) is 10.6 Å². The summed E-state index contributed by atoms with van der Waals surface area (Å²) in [5.41, 5.74) is 1.59. The molecule has 17 heavy (non-hydrogen) atoms. The Balaban J connectivity index is 2.44. The number of fused-ring (bicyclic) bond motifs is 1. The van der Waals surface area contributed by atoms with Crippen molar-refractivity contribution in [3.05, 3.63) is 34.5 Å². The molecule has 0 aliphatic carbocycles. The van der Waals surface area contributed by atoms with Gasteiger partial charge in [-0.25, -0.2) is 4.98 Å². The molecule has 0 spiro atoms. The number of benzene rings is 1. The molecule has 90 valence electrons. The van der Waals surface area contributed by atoms with Gasteiger partial charge in [0.05, 0.1) is 10.2 Å². The normalized spacial score (nSPS) is 13.3. The van der Waals surface area contributed by atoms with Gasteiger partial charge < -0.3 is 5.11 Å². The first-order valence-electron chi connectivity index (χ1n) is 4.69. The number of hydrogen-bond acceptors (Lipinski definition) is 3. The van der Waals surface area contributed by atoms with Crippen LogP contribution < -0.4 is 5.11 Å². The molecule has 0 unspecified atom stereocenters. The van der Waals surface area contributed by atoms with E-state index in [0.717, 1.165) is 21.6 Å². The van der Waals surface area contributed by atoms with E-state index in [1.54, 1.807) is 6.07 Å². The predicted octanol–water partition coefficient (Wildman–Crippen LogP) is 2.87. The second kappa shape index (κ2) is 4.03. The average Bonchev–Trinajstić information content (AvgIpc) is 2.57. The summed E-state index contributed by atoms with van der Waals surface area (Å²) in [6, 6.07) is 5.36. The number of alkyl halides is 3. The van der Waals surface area contributed by atoms with Gasteiger partial charge in [-0.15, -0.1) is 11.3 Å². The number of aromatic nitrogens is 1. The molecule has 0 bridgehead atoms. The first-order chi connectivity index (χ1) is 7.86. The second-order valence-electron chi connectivity index (χ2n) is 3.53. The van der Waals surface area contributed by atoms with E-state index < -0.39 is 11.9 Å². The highest BCUT2D eigenvalue weighted by Crippen LogP contribution is 2.27.